The first kappa shape index (κ1) is 9.96. The Kier molecular flexibility index (Phi) is 4.58. The van der Waals surface area contributed by atoms with E-state index in [2.05, 4.69) is 0 Å². The average Bonchev–Trinajstić information content (AvgIpc) is 2.06. The lowest BCUT2D eigenvalue weighted by atomic mass is 9.93. The van der Waals surface area contributed by atoms with Gasteiger partial charge < -0.3 is 15.6 Å². The molecular weight excluding hydrogens is 154 g/mol. The molecule has 1 heterocycles. The van der Waals surface area contributed by atoms with Gasteiger partial charge in [0.2, 0.25) is 0 Å². The molecule has 72 valence electrons. The van der Waals surface area contributed by atoms with Crippen molar-refractivity contribution in [1.82, 2.24) is 0 Å². The third-order valence-electron chi connectivity index (χ3n) is 2.45. The van der Waals surface area contributed by atoms with Crippen molar-refractivity contribution in [2.45, 2.75) is 31.8 Å². The molecule has 0 aromatic heterocycles. The first-order valence-electron chi connectivity index (χ1n) is 4.79. The van der Waals surface area contributed by atoms with E-state index in [1.54, 1.807) is 0 Å². The summed E-state index contributed by atoms with van der Waals surface area (Å²) >= 11 is 0. The van der Waals surface area contributed by atoms with Crippen molar-refractivity contribution in [2.24, 2.45) is 11.7 Å². The van der Waals surface area contributed by atoms with Gasteiger partial charge in [0, 0.05) is 13.2 Å². The average molecular weight is 173 g/mol. The second-order valence-corrected chi connectivity index (χ2v) is 3.52. The highest BCUT2D eigenvalue weighted by Gasteiger charge is 2.16. The third kappa shape index (κ3) is 3.52. The smallest absolute Gasteiger partial charge is 0.0555 e. The van der Waals surface area contributed by atoms with Crippen LogP contribution in [-0.2, 0) is 4.74 Å². The Labute approximate surface area is 73.9 Å². The van der Waals surface area contributed by atoms with E-state index in [9.17, 15) is 5.11 Å². The number of hydrogen-bond acceptors (Lipinski definition) is 3. The van der Waals surface area contributed by atoms with Crippen molar-refractivity contribution in [2.75, 3.05) is 19.8 Å². The molecule has 1 aliphatic rings. The van der Waals surface area contributed by atoms with E-state index in [4.69, 9.17) is 10.5 Å². The van der Waals surface area contributed by atoms with Crippen LogP contribution in [0.5, 0.6) is 0 Å². The molecule has 0 saturated carbocycles. The van der Waals surface area contributed by atoms with Gasteiger partial charge in [-0.3, -0.25) is 0 Å². The quantitative estimate of drug-likeness (QED) is 0.651. The summed E-state index contributed by atoms with van der Waals surface area (Å²) < 4.78 is 5.23. The van der Waals surface area contributed by atoms with Gasteiger partial charge in [0.05, 0.1) is 6.10 Å². The standard InChI is InChI=1S/C9H19NO2/c10-4-1-9(11)7-8-2-5-12-6-3-8/h8-9,11H,1-7,10H2. The van der Waals surface area contributed by atoms with Crippen LogP contribution in [0.15, 0.2) is 0 Å². The van der Waals surface area contributed by atoms with E-state index in [0.717, 1.165) is 38.9 Å². The highest BCUT2D eigenvalue weighted by atomic mass is 16.5. The molecular formula is C9H19NO2. The molecule has 12 heavy (non-hydrogen) atoms. The lowest BCUT2D eigenvalue weighted by molar-refractivity contribution is 0.0426. The van der Waals surface area contributed by atoms with Gasteiger partial charge >= 0.3 is 0 Å². The van der Waals surface area contributed by atoms with Crippen LogP contribution in [0.4, 0.5) is 0 Å². The van der Waals surface area contributed by atoms with Crippen molar-refractivity contribution < 1.29 is 9.84 Å². The minimum atomic E-state index is -0.196. The first-order valence-corrected chi connectivity index (χ1v) is 4.79. The molecule has 3 nitrogen and oxygen atoms in total. The molecule has 0 bridgehead atoms. The van der Waals surface area contributed by atoms with Gasteiger partial charge in [-0.05, 0) is 38.1 Å². The Bertz CT molecular complexity index is 113. The summed E-state index contributed by atoms with van der Waals surface area (Å²) in [6.07, 6.45) is 3.64. The van der Waals surface area contributed by atoms with Crippen molar-refractivity contribution in [3.8, 4) is 0 Å². The van der Waals surface area contributed by atoms with Gasteiger partial charge in [-0.15, -0.1) is 0 Å². The summed E-state index contributed by atoms with van der Waals surface area (Å²) in [6.45, 7) is 2.31. The van der Waals surface area contributed by atoms with Crippen molar-refractivity contribution in [3.05, 3.63) is 0 Å². The highest BCUT2D eigenvalue weighted by Crippen LogP contribution is 2.20. The van der Waals surface area contributed by atoms with Crippen LogP contribution in [0.3, 0.4) is 0 Å². The molecule has 3 N–H and O–H groups in total. The second-order valence-electron chi connectivity index (χ2n) is 3.52. The van der Waals surface area contributed by atoms with Gasteiger partial charge in [-0.1, -0.05) is 0 Å². The molecule has 0 aromatic carbocycles. The van der Waals surface area contributed by atoms with Crippen molar-refractivity contribution >= 4 is 0 Å². The van der Waals surface area contributed by atoms with Gasteiger partial charge in [0.25, 0.3) is 0 Å². The minimum Gasteiger partial charge on any atom is -0.393 e. The molecule has 0 aliphatic carbocycles. The molecule has 0 amide bonds. The maximum Gasteiger partial charge on any atom is 0.0555 e. The summed E-state index contributed by atoms with van der Waals surface area (Å²) in [5.74, 6) is 0.653. The molecule has 0 spiro atoms. The lowest BCUT2D eigenvalue weighted by Crippen LogP contribution is -2.22. The lowest BCUT2D eigenvalue weighted by Gasteiger charge is -2.23. The third-order valence-corrected chi connectivity index (χ3v) is 2.45. The van der Waals surface area contributed by atoms with E-state index >= 15 is 0 Å². The Morgan fingerprint density at radius 2 is 2.08 bits per heavy atom. The van der Waals surface area contributed by atoms with E-state index in [1.807, 2.05) is 0 Å². The van der Waals surface area contributed by atoms with Gasteiger partial charge in [0.15, 0.2) is 0 Å². The van der Waals surface area contributed by atoms with Crippen LogP contribution in [0.1, 0.15) is 25.7 Å². The number of nitrogens with two attached hydrogens (primary N) is 1. The van der Waals surface area contributed by atoms with E-state index in [0.29, 0.717) is 12.5 Å². The zero-order valence-electron chi connectivity index (χ0n) is 7.54. The summed E-state index contributed by atoms with van der Waals surface area (Å²) in [5.41, 5.74) is 5.35. The summed E-state index contributed by atoms with van der Waals surface area (Å²) in [4.78, 5) is 0. The number of hydrogen-bond donors (Lipinski definition) is 2. The van der Waals surface area contributed by atoms with Crippen LogP contribution in [-0.4, -0.2) is 31.0 Å². The fraction of sp³-hybridized carbons (Fsp3) is 1.00. The molecule has 3 heteroatoms. The Hall–Kier alpha value is -0.120. The van der Waals surface area contributed by atoms with E-state index in [-0.39, 0.29) is 6.10 Å². The largest absolute Gasteiger partial charge is 0.393 e. The van der Waals surface area contributed by atoms with E-state index < -0.39 is 0 Å². The summed E-state index contributed by atoms with van der Waals surface area (Å²) in [5, 5.41) is 9.48. The van der Waals surface area contributed by atoms with Crippen LogP contribution in [0.2, 0.25) is 0 Å². The van der Waals surface area contributed by atoms with Gasteiger partial charge in [-0.2, -0.15) is 0 Å². The molecule has 0 radical (unpaired) electrons. The summed E-state index contributed by atoms with van der Waals surface area (Å²) in [6, 6.07) is 0. The monoisotopic (exact) mass is 173 g/mol. The molecule has 1 saturated heterocycles. The maximum absolute atomic E-state index is 9.48. The number of ether oxygens (including phenoxy) is 1. The molecule has 1 unspecified atom stereocenters. The first-order chi connectivity index (χ1) is 5.83. The fourth-order valence-electron chi connectivity index (χ4n) is 1.68. The topological polar surface area (TPSA) is 55.5 Å². The molecule has 1 aliphatic heterocycles. The summed E-state index contributed by atoms with van der Waals surface area (Å²) in [7, 11) is 0. The van der Waals surface area contributed by atoms with Crippen molar-refractivity contribution in [3.63, 3.8) is 0 Å². The van der Waals surface area contributed by atoms with Crippen LogP contribution in [0.25, 0.3) is 0 Å². The molecule has 1 atom stereocenters. The SMILES string of the molecule is NCCC(O)CC1CCOCC1. The van der Waals surface area contributed by atoms with Crippen molar-refractivity contribution in [1.29, 1.82) is 0 Å². The zero-order valence-corrected chi connectivity index (χ0v) is 7.54. The fourth-order valence-corrected chi connectivity index (χ4v) is 1.68. The van der Waals surface area contributed by atoms with Crippen LogP contribution < -0.4 is 5.73 Å². The minimum absolute atomic E-state index is 0.196. The Morgan fingerprint density at radius 1 is 1.42 bits per heavy atom. The Balaban J connectivity index is 2.11. The Morgan fingerprint density at radius 3 is 2.67 bits per heavy atom. The number of aliphatic hydroxyl groups is 1. The van der Waals surface area contributed by atoms with Crippen LogP contribution >= 0.6 is 0 Å². The zero-order chi connectivity index (χ0) is 8.81. The molecule has 0 aromatic rings. The van der Waals surface area contributed by atoms with Gasteiger partial charge in [-0.25, -0.2) is 0 Å². The maximum atomic E-state index is 9.48. The normalized spacial score (nSPS) is 22.5. The predicted molar refractivity (Wildman–Crippen MR) is 47.8 cm³/mol. The molecule has 1 fully saturated rings. The predicted octanol–water partition coefficient (Wildman–Crippen LogP) is 0.513. The second kappa shape index (κ2) is 5.51. The number of aliphatic hydroxyl groups excluding tert-OH is 1. The molecule has 1 rings (SSSR count). The van der Waals surface area contributed by atoms with Gasteiger partial charge in [0.1, 0.15) is 0 Å². The highest BCUT2D eigenvalue weighted by molar-refractivity contribution is 4.68. The van der Waals surface area contributed by atoms with E-state index in [1.165, 1.54) is 0 Å². The van der Waals surface area contributed by atoms with Crippen LogP contribution in [0, 0.1) is 5.92 Å². The number of rotatable bonds is 4.